The molecule has 8 heteroatoms. The minimum atomic E-state index is -3.91. The van der Waals surface area contributed by atoms with Gasteiger partial charge in [0.2, 0.25) is 0 Å². The number of carboxylic acids is 1. The van der Waals surface area contributed by atoms with Gasteiger partial charge in [-0.05, 0) is 50.5 Å². The predicted molar refractivity (Wildman–Crippen MR) is 107 cm³/mol. The molecule has 0 aliphatic carbocycles. The molecule has 2 aromatic carbocycles. The van der Waals surface area contributed by atoms with E-state index in [4.69, 9.17) is 4.74 Å². The van der Waals surface area contributed by atoms with Crippen LogP contribution in [-0.2, 0) is 14.6 Å². The van der Waals surface area contributed by atoms with Crippen LogP contribution >= 0.6 is 0 Å². The van der Waals surface area contributed by atoms with Gasteiger partial charge in [-0.25, -0.2) is 18.0 Å². The molecule has 0 radical (unpaired) electrons. The zero-order valence-corrected chi connectivity index (χ0v) is 17.2. The van der Waals surface area contributed by atoms with Crippen LogP contribution in [0, 0.1) is 6.92 Å². The third-order valence-electron chi connectivity index (χ3n) is 3.83. The highest BCUT2D eigenvalue weighted by atomic mass is 32.2. The minimum absolute atomic E-state index is 0.147. The highest BCUT2D eigenvalue weighted by Crippen LogP contribution is 2.36. The average Bonchev–Trinajstić information content (AvgIpc) is 2.53. The predicted octanol–water partition coefficient (Wildman–Crippen LogP) is 4.11. The molecule has 1 amide bonds. The Morgan fingerprint density at radius 1 is 1.11 bits per heavy atom. The summed E-state index contributed by atoms with van der Waals surface area (Å²) in [4.78, 5) is 23.8. The molecular weight excluding hydrogens is 382 g/mol. The molecule has 2 aromatic rings. The Morgan fingerprint density at radius 2 is 1.68 bits per heavy atom. The number of hydrogen-bond acceptors (Lipinski definition) is 5. The Bertz CT molecular complexity index is 1020. The lowest BCUT2D eigenvalue weighted by molar-refractivity contribution is 0.0636. The summed E-state index contributed by atoms with van der Waals surface area (Å²) < 4.78 is 30.0. The van der Waals surface area contributed by atoms with E-state index in [1.165, 1.54) is 6.07 Å². The summed E-state index contributed by atoms with van der Waals surface area (Å²) >= 11 is 0. The molecule has 7 nitrogen and oxygen atoms in total. The first kappa shape index (κ1) is 21.4. The Hall–Kier alpha value is -2.87. The van der Waals surface area contributed by atoms with Crippen molar-refractivity contribution >= 4 is 27.6 Å². The number of carbonyl (C=O) groups is 2. The first-order valence-corrected chi connectivity index (χ1v) is 10.4. The van der Waals surface area contributed by atoms with Crippen molar-refractivity contribution in [1.82, 2.24) is 0 Å². The van der Waals surface area contributed by atoms with E-state index in [0.717, 1.165) is 6.26 Å². The Morgan fingerprint density at radius 3 is 2.14 bits per heavy atom. The van der Waals surface area contributed by atoms with E-state index in [1.807, 2.05) is 6.07 Å². The first-order chi connectivity index (χ1) is 12.8. The fourth-order valence-corrected chi connectivity index (χ4v) is 4.10. The average molecular weight is 405 g/mol. The zero-order valence-electron chi connectivity index (χ0n) is 16.4. The number of benzene rings is 2. The van der Waals surface area contributed by atoms with Gasteiger partial charge in [-0.15, -0.1) is 0 Å². The van der Waals surface area contributed by atoms with Crippen LogP contribution in [0.15, 0.2) is 41.3 Å². The van der Waals surface area contributed by atoms with E-state index in [9.17, 15) is 23.1 Å². The molecule has 2 rings (SSSR count). The fraction of sp³-hybridized carbons (Fsp3) is 0.300. The normalized spacial score (nSPS) is 11.8. The van der Waals surface area contributed by atoms with Gasteiger partial charge in [0.1, 0.15) is 11.2 Å². The lowest BCUT2D eigenvalue weighted by Gasteiger charge is -2.22. The van der Waals surface area contributed by atoms with Crippen molar-refractivity contribution in [1.29, 1.82) is 0 Å². The van der Waals surface area contributed by atoms with Crippen molar-refractivity contribution in [2.45, 2.75) is 38.2 Å². The molecular formula is C20H23NO6S. The van der Waals surface area contributed by atoms with Crippen LogP contribution in [0.4, 0.5) is 10.5 Å². The van der Waals surface area contributed by atoms with Gasteiger partial charge in [-0.1, -0.05) is 30.3 Å². The monoisotopic (exact) mass is 405 g/mol. The number of sulfone groups is 1. The molecule has 0 spiro atoms. The number of rotatable bonds is 4. The molecule has 0 saturated heterocycles. The van der Waals surface area contributed by atoms with E-state index in [2.05, 4.69) is 5.32 Å². The van der Waals surface area contributed by atoms with Crippen LogP contribution in [0.25, 0.3) is 11.1 Å². The van der Waals surface area contributed by atoms with E-state index in [-0.39, 0.29) is 10.6 Å². The van der Waals surface area contributed by atoms with Crippen molar-refractivity contribution in [2.24, 2.45) is 0 Å². The van der Waals surface area contributed by atoms with Gasteiger partial charge in [-0.3, -0.25) is 5.32 Å². The smallest absolute Gasteiger partial charge is 0.412 e. The van der Waals surface area contributed by atoms with Gasteiger partial charge >= 0.3 is 12.1 Å². The molecule has 28 heavy (non-hydrogen) atoms. The number of anilines is 1. The molecule has 0 saturated carbocycles. The third-order valence-corrected chi connectivity index (χ3v) is 5.09. The number of nitrogens with one attached hydrogen (secondary N) is 1. The second-order valence-electron chi connectivity index (χ2n) is 7.37. The van der Waals surface area contributed by atoms with Crippen molar-refractivity contribution in [3.05, 3.63) is 47.5 Å². The Kier molecular flexibility index (Phi) is 5.84. The lowest BCUT2D eigenvalue weighted by atomic mass is 9.96. The zero-order chi connectivity index (χ0) is 21.3. The van der Waals surface area contributed by atoms with Crippen molar-refractivity contribution < 1.29 is 27.9 Å². The number of hydrogen-bond donors (Lipinski definition) is 2. The maximum atomic E-state index is 12.4. The minimum Gasteiger partial charge on any atom is -0.478 e. The summed E-state index contributed by atoms with van der Waals surface area (Å²) in [7, 11) is -3.91. The maximum absolute atomic E-state index is 12.4. The van der Waals surface area contributed by atoms with E-state index in [1.54, 1.807) is 52.0 Å². The second-order valence-corrected chi connectivity index (χ2v) is 9.32. The summed E-state index contributed by atoms with van der Waals surface area (Å²) in [6.45, 7) is 6.54. The maximum Gasteiger partial charge on any atom is 0.412 e. The van der Waals surface area contributed by atoms with Crippen molar-refractivity contribution in [3.63, 3.8) is 0 Å². The SMILES string of the molecule is Cc1c(-c2ccccc2)cc(NC(=O)OC(C)(C)C)c(C(=O)O)c1S(C)(=O)=O. The number of amides is 1. The third kappa shape index (κ3) is 4.89. The van der Waals surface area contributed by atoms with Crippen LogP contribution in [0.1, 0.15) is 36.7 Å². The summed E-state index contributed by atoms with van der Waals surface area (Å²) in [5.41, 5.74) is 0.0317. The standard InChI is InChI=1S/C20H23NO6S/c1-12-14(13-9-7-6-8-10-13)11-15(21-19(24)27-20(2,3)4)16(18(22)23)17(12)28(5,25)26/h6-11H,1-5H3,(H,21,24)(H,22,23). The lowest BCUT2D eigenvalue weighted by Crippen LogP contribution is -2.28. The van der Waals surface area contributed by atoms with Gasteiger partial charge in [0.25, 0.3) is 0 Å². The number of carboxylic acid groups (broad SMARTS) is 1. The summed E-state index contributed by atoms with van der Waals surface area (Å²) in [5, 5.41) is 12.1. The molecule has 0 aromatic heterocycles. The molecule has 0 unspecified atom stereocenters. The van der Waals surface area contributed by atoms with E-state index >= 15 is 0 Å². The first-order valence-electron chi connectivity index (χ1n) is 8.47. The molecule has 150 valence electrons. The highest BCUT2D eigenvalue weighted by molar-refractivity contribution is 7.90. The number of carbonyl (C=O) groups excluding carboxylic acids is 1. The van der Waals surface area contributed by atoms with Gasteiger partial charge in [0.15, 0.2) is 9.84 Å². The highest BCUT2D eigenvalue weighted by Gasteiger charge is 2.29. The van der Waals surface area contributed by atoms with Crippen molar-refractivity contribution in [2.75, 3.05) is 11.6 Å². The Labute approximate surface area is 164 Å². The van der Waals surface area contributed by atoms with E-state index < -0.39 is 33.1 Å². The Balaban J connectivity index is 2.79. The van der Waals surface area contributed by atoms with Crippen LogP contribution < -0.4 is 5.32 Å². The number of ether oxygens (including phenoxy) is 1. The van der Waals surface area contributed by atoms with Gasteiger partial charge in [-0.2, -0.15) is 0 Å². The summed E-state index contributed by atoms with van der Waals surface area (Å²) in [6, 6.07) is 10.4. The molecule has 0 fully saturated rings. The molecule has 0 heterocycles. The second kappa shape index (κ2) is 7.63. The summed E-state index contributed by atoms with van der Waals surface area (Å²) in [6.07, 6.45) is 0.0608. The van der Waals surface area contributed by atoms with Crippen molar-refractivity contribution in [3.8, 4) is 11.1 Å². The van der Waals surface area contributed by atoms with Crippen LogP contribution in [-0.4, -0.2) is 37.4 Å². The molecule has 2 N–H and O–H groups in total. The molecule has 0 atom stereocenters. The fourth-order valence-electron chi connectivity index (χ4n) is 2.86. The topological polar surface area (TPSA) is 110 Å². The molecule has 0 aliphatic heterocycles. The molecule has 0 bridgehead atoms. The van der Waals surface area contributed by atoms with Crippen LogP contribution in [0.2, 0.25) is 0 Å². The number of aromatic carboxylic acids is 1. The largest absolute Gasteiger partial charge is 0.478 e. The van der Waals surface area contributed by atoms with Crippen LogP contribution in [0.5, 0.6) is 0 Å². The van der Waals surface area contributed by atoms with Gasteiger partial charge in [0, 0.05) is 6.26 Å². The van der Waals surface area contributed by atoms with E-state index in [0.29, 0.717) is 16.7 Å². The van der Waals surface area contributed by atoms with Gasteiger partial charge < -0.3 is 9.84 Å². The summed E-state index contributed by atoms with van der Waals surface area (Å²) in [5.74, 6) is -1.46. The molecule has 0 aliphatic rings. The van der Waals surface area contributed by atoms with Crippen LogP contribution in [0.3, 0.4) is 0 Å². The van der Waals surface area contributed by atoms with Gasteiger partial charge in [0.05, 0.1) is 10.6 Å². The quantitative estimate of drug-likeness (QED) is 0.792.